The van der Waals surface area contributed by atoms with Crippen LogP contribution in [0.1, 0.15) is 5.56 Å². The van der Waals surface area contributed by atoms with Crippen molar-refractivity contribution in [2.75, 3.05) is 0 Å². The van der Waals surface area contributed by atoms with Crippen LogP contribution in [-0.4, -0.2) is 42.5 Å². The Morgan fingerprint density at radius 2 is 1.75 bits per heavy atom. The molecule has 0 saturated carbocycles. The molecule has 0 saturated heterocycles. The van der Waals surface area contributed by atoms with Crippen molar-refractivity contribution in [3.05, 3.63) is 27.3 Å². The summed E-state index contributed by atoms with van der Waals surface area (Å²) in [5, 5.41) is 0. The van der Waals surface area contributed by atoms with Gasteiger partial charge >= 0.3 is 35.7 Å². The molecule has 0 fully saturated rings. The van der Waals surface area contributed by atoms with Gasteiger partial charge in [-0.25, -0.2) is 0 Å². The van der Waals surface area contributed by atoms with E-state index in [9.17, 15) is 21.6 Å². The molecule has 3 nitrogen and oxygen atoms in total. The van der Waals surface area contributed by atoms with Crippen LogP contribution in [0.5, 0.6) is 0 Å². The Kier molecular flexibility index (Phi) is 5.75. The molecule has 86 valence electrons. The van der Waals surface area contributed by atoms with Crippen LogP contribution in [0.15, 0.2) is 23.1 Å². The molecule has 0 unspecified atom stereocenters. The van der Waals surface area contributed by atoms with Gasteiger partial charge in [0, 0.05) is 3.57 Å². The van der Waals surface area contributed by atoms with Crippen LogP contribution in [0.3, 0.4) is 0 Å². The first-order chi connectivity index (χ1) is 6.64. The molecule has 1 aromatic rings. The average Bonchev–Trinajstić information content (AvgIpc) is 1.99. The van der Waals surface area contributed by atoms with E-state index in [2.05, 4.69) is 0 Å². The molecule has 0 amide bonds. The van der Waals surface area contributed by atoms with Gasteiger partial charge in [-0.2, -0.15) is 21.6 Å². The van der Waals surface area contributed by atoms with Crippen LogP contribution in [0.25, 0.3) is 0 Å². The van der Waals surface area contributed by atoms with Crippen molar-refractivity contribution in [3.63, 3.8) is 0 Å². The number of hydrogen-bond acceptors (Lipinski definition) is 2. The van der Waals surface area contributed by atoms with Crippen LogP contribution >= 0.6 is 22.6 Å². The summed E-state index contributed by atoms with van der Waals surface area (Å²) < 4.78 is 67.2. The third-order valence-electron chi connectivity index (χ3n) is 1.53. The summed E-state index contributed by atoms with van der Waals surface area (Å²) in [4.78, 5) is -1.10. The maximum atomic E-state index is 12.4. The van der Waals surface area contributed by atoms with E-state index in [-0.39, 0.29) is 33.1 Å². The van der Waals surface area contributed by atoms with Crippen LogP contribution in [0, 0.1) is 3.57 Å². The number of halogens is 4. The van der Waals surface area contributed by atoms with Crippen molar-refractivity contribution >= 4 is 62.3 Å². The van der Waals surface area contributed by atoms with Gasteiger partial charge in [0.2, 0.25) is 0 Å². The molecule has 0 radical (unpaired) electrons. The van der Waals surface area contributed by atoms with Crippen LogP contribution in [0.4, 0.5) is 13.2 Å². The predicted octanol–water partition coefficient (Wildman–Crippen LogP) is 1.91. The molecule has 0 aliphatic heterocycles. The van der Waals surface area contributed by atoms with E-state index in [4.69, 9.17) is 4.55 Å². The topological polar surface area (TPSA) is 54.4 Å². The Balaban J connectivity index is 0.00000225. The molecular formula is C7H5F3INaO3S. The fourth-order valence-electron chi connectivity index (χ4n) is 0.994. The summed E-state index contributed by atoms with van der Waals surface area (Å²) in [5.74, 6) is 0. The fourth-order valence-corrected chi connectivity index (χ4v) is 3.10. The predicted molar refractivity (Wildman–Crippen MR) is 61.1 cm³/mol. The first-order valence-corrected chi connectivity index (χ1v) is 5.99. The Hall–Kier alpha value is 0.650. The number of hydrogen-bond donors (Lipinski definition) is 1. The van der Waals surface area contributed by atoms with Gasteiger partial charge in [-0.15, -0.1) is 0 Å². The molecule has 0 spiro atoms. The quantitative estimate of drug-likeness (QED) is 0.463. The number of rotatable bonds is 1. The standard InChI is InChI=1S/C7H4F3IO3S.Na.H/c8-7(9,10)4-2-1-3-5(11)6(4)15(12,13)14;;/h1-3H,(H,12,13,14);;. The summed E-state index contributed by atoms with van der Waals surface area (Å²) in [6.45, 7) is 0. The average molecular weight is 376 g/mol. The van der Waals surface area contributed by atoms with Gasteiger partial charge in [-0.05, 0) is 34.7 Å². The molecule has 0 aromatic heterocycles. The number of benzene rings is 1. The molecule has 0 aliphatic rings. The van der Waals surface area contributed by atoms with Gasteiger partial charge in [0.1, 0.15) is 4.90 Å². The molecule has 0 atom stereocenters. The normalized spacial score (nSPS) is 12.1. The summed E-state index contributed by atoms with van der Waals surface area (Å²) in [6.07, 6.45) is -4.81. The summed E-state index contributed by atoms with van der Waals surface area (Å²) >= 11 is 1.41. The second-order valence-electron chi connectivity index (χ2n) is 2.59. The molecule has 1 rings (SSSR count). The maximum absolute atomic E-state index is 12.4. The van der Waals surface area contributed by atoms with Gasteiger partial charge in [-0.1, -0.05) is 6.07 Å². The van der Waals surface area contributed by atoms with Gasteiger partial charge < -0.3 is 0 Å². The first-order valence-electron chi connectivity index (χ1n) is 3.47. The molecule has 16 heavy (non-hydrogen) atoms. The summed E-state index contributed by atoms with van der Waals surface area (Å²) in [5.41, 5.74) is -1.36. The Labute approximate surface area is 126 Å². The van der Waals surface area contributed by atoms with Crippen molar-refractivity contribution in [2.24, 2.45) is 0 Å². The van der Waals surface area contributed by atoms with Gasteiger partial charge in [0.15, 0.2) is 0 Å². The van der Waals surface area contributed by atoms with Crippen molar-refractivity contribution in [1.82, 2.24) is 0 Å². The first kappa shape index (κ1) is 16.6. The van der Waals surface area contributed by atoms with Crippen LogP contribution < -0.4 is 0 Å². The Morgan fingerprint density at radius 3 is 2.06 bits per heavy atom. The second-order valence-corrected chi connectivity index (χ2v) is 5.11. The zero-order chi connectivity index (χ0) is 11.9. The molecule has 1 N–H and O–H groups in total. The summed E-state index contributed by atoms with van der Waals surface area (Å²) in [6, 6.07) is 2.84. The van der Waals surface area contributed by atoms with Crippen molar-refractivity contribution in [3.8, 4) is 0 Å². The molecule has 0 aliphatic carbocycles. The Morgan fingerprint density at radius 1 is 1.25 bits per heavy atom. The van der Waals surface area contributed by atoms with Crippen LogP contribution in [-0.2, 0) is 16.3 Å². The minimum atomic E-state index is -4.87. The SMILES string of the molecule is O=S(=O)(O)c1c(I)cccc1C(F)(F)F.[NaH]. The van der Waals surface area contributed by atoms with Crippen molar-refractivity contribution in [1.29, 1.82) is 0 Å². The zero-order valence-corrected chi connectivity index (χ0v) is 9.89. The van der Waals surface area contributed by atoms with Gasteiger partial charge in [0.05, 0.1) is 5.56 Å². The monoisotopic (exact) mass is 376 g/mol. The fraction of sp³-hybridized carbons (Fsp3) is 0.143. The van der Waals surface area contributed by atoms with Gasteiger partial charge in [-0.3, -0.25) is 4.55 Å². The van der Waals surface area contributed by atoms with E-state index < -0.39 is 26.8 Å². The van der Waals surface area contributed by atoms with Crippen molar-refractivity contribution in [2.45, 2.75) is 11.1 Å². The van der Waals surface area contributed by atoms with E-state index in [0.717, 1.165) is 6.07 Å². The minimum absolute atomic E-state index is 0. The molecular weight excluding hydrogens is 371 g/mol. The molecule has 1 aromatic carbocycles. The van der Waals surface area contributed by atoms with Gasteiger partial charge in [0.25, 0.3) is 10.1 Å². The zero-order valence-electron chi connectivity index (χ0n) is 6.92. The van der Waals surface area contributed by atoms with E-state index in [1.807, 2.05) is 0 Å². The van der Waals surface area contributed by atoms with Crippen molar-refractivity contribution < 1.29 is 26.1 Å². The van der Waals surface area contributed by atoms with Crippen LogP contribution in [0.2, 0.25) is 0 Å². The summed E-state index contributed by atoms with van der Waals surface area (Å²) in [7, 11) is -4.87. The van der Waals surface area contributed by atoms with E-state index in [1.165, 1.54) is 28.7 Å². The third kappa shape index (κ3) is 3.84. The molecule has 9 heteroatoms. The van der Waals surface area contributed by atoms with E-state index in [0.29, 0.717) is 6.07 Å². The molecule has 0 heterocycles. The molecule has 0 bridgehead atoms. The second kappa shape index (κ2) is 5.53. The van der Waals surface area contributed by atoms with E-state index in [1.54, 1.807) is 0 Å². The number of alkyl halides is 3. The Bertz CT molecular complexity index is 486. The third-order valence-corrected chi connectivity index (χ3v) is 3.75. The van der Waals surface area contributed by atoms with E-state index >= 15 is 0 Å².